The monoisotopic (exact) mass is 331 g/mol. The second-order valence-corrected chi connectivity index (χ2v) is 4.63. The molecule has 19 heavy (non-hydrogen) atoms. The first-order chi connectivity index (χ1) is 9.13. The van der Waals surface area contributed by atoms with E-state index in [0.29, 0.717) is 17.9 Å². The number of likely N-dealkylation sites (N-methyl/N-ethyl adjacent to an activating group) is 1. The van der Waals surface area contributed by atoms with Crippen molar-refractivity contribution in [2.75, 3.05) is 13.1 Å². The summed E-state index contributed by atoms with van der Waals surface area (Å²) >= 11 is 2.99. The first-order valence-electron chi connectivity index (χ1n) is 5.80. The highest BCUT2D eigenvalue weighted by atomic mass is 79.9. The molecule has 0 spiro atoms. The van der Waals surface area contributed by atoms with Crippen LogP contribution in [0.5, 0.6) is 0 Å². The molecule has 1 heterocycles. The van der Waals surface area contributed by atoms with Crippen LogP contribution in [0.4, 0.5) is 8.78 Å². The van der Waals surface area contributed by atoms with Crippen molar-refractivity contribution >= 4 is 15.9 Å². The van der Waals surface area contributed by atoms with Gasteiger partial charge in [0.25, 0.3) is 0 Å². The smallest absolute Gasteiger partial charge is 0.228 e. The molecular weight excluding hydrogens is 320 g/mol. The van der Waals surface area contributed by atoms with Gasteiger partial charge in [0.05, 0.1) is 4.47 Å². The molecule has 1 N–H and O–H groups in total. The second-order valence-electron chi connectivity index (χ2n) is 3.84. The zero-order chi connectivity index (χ0) is 13.8. The normalized spacial score (nSPS) is 10.9. The van der Waals surface area contributed by atoms with Crippen molar-refractivity contribution < 1.29 is 13.3 Å². The summed E-state index contributed by atoms with van der Waals surface area (Å²) in [5.74, 6) is -1.20. The number of benzene rings is 1. The number of rotatable bonds is 5. The Kier molecular flexibility index (Phi) is 4.60. The zero-order valence-corrected chi connectivity index (χ0v) is 11.8. The van der Waals surface area contributed by atoms with Crippen molar-refractivity contribution in [1.82, 2.24) is 15.5 Å². The standard InChI is InChI=1S/C12H12BrF2N3O/c1-2-16-6-5-9-17-12(18-19-9)7-3-4-8(14)11(15)10(7)13/h3-4,16H,2,5-6H2,1H3. The van der Waals surface area contributed by atoms with E-state index in [4.69, 9.17) is 4.52 Å². The highest BCUT2D eigenvalue weighted by Crippen LogP contribution is 2.29. The minimum Gasteiger partial charge on any atom is -0.339 e. The third kappa shape index (κ3) is 3.16. The van der Waals surface area contributed by atoms with Crippen LogP contribution in [-0.2, 0) is 6.42 Å². The third-order valence-electron chi connectivity index (χ3n) is 2.51. The number of halogens is 3. The van der Waals surface area contributed by atoms with Crippen LogP contribution in [-0.4, -0.2) is 23.2 Å². The van der Waals surface area contributed by atoms with Gasteiger partial charge in [0, 0.05) is 18.5 Å². The van der Waals surface area contributed by atoms with Gasteiger partial charge in [-0.2, -0.15) is 4.98 Å². The van der Waals surface area contributed by atoms with Crippen LogP contribution in [0.15, 0.2) is 21.1 Å². The first-order valence-corrected chi connectivity index (χ1v) is 6.60. The van der Waals surface area contributed by atoms with Gasteiger partial charge in [-0.3, -0.25) is 0 Å². The van der Waals surface area contributed by atoms with E-state index in [2.05, 4.69) is 31.4 Å². The molecule has 0 aliphatic heterocycles. The van der Waals surface area contributed by atoms with Gasteiger partial charge >= 0.3 is 0 Å². The molecule has 0 fully saturated rings. The summed E-state index contributed by atoms with van der Waals surface area (Å²) in [5, 5.41) is 6.89. The second kappa shape index (κ2) is 6.21. The van der Waals surface area contributed by atoms with Crippen LogP contribution in [0.25, 0.3) is 11.4 Å². The molecule has 0 saturated heterocycles. The summed E-state index contributed by atoms with van der Waals surface area (Å²) in [6.45, 7) is 3.57. The Bertz CT molecular complexity index is 574. The first kappa shape index (κ1) is 14.1. The lowest BCUT2D eigenvalue weighted by Gasteiger charge is -2.01. The minimum atomic E-state index is -0.962. The van der Waals surface area contributed by atoms with Crippen LogP contribution < -0.4 is 5.32 Å². The predicted octanol–water partition coefficient (Wildman–Crippen LogP) is 2.93. The molecule has 0 amide bonds. The van der Waals surface area contributed by atoms with Crippen LogP contribution in [0.1, 0.15) is 12.8 Å². The summed E-state index contributed by atoms with van der Waals surface area (Å²) < 4.78 is 31.5. The van der Waals surface area contributed by atoms with E-state index < -0.39 is 11.6 Å². The van der Waals surface area contributed by atoms with E-state index in [0.717, 1.165) is 19.2 Å². The quantitative estimate of drug-likeness (QED) is 0.676. The highest BCUT2D eigenvalue weighted by molar-refractivity contribution is 9.10. The molecule has 0 aliphatic carbocycles. The van der Waals surface area contributed by atoms with Crippen molar-refractivity contribution in [3.05, 3.63) is 34.1 Å². The van der Waals surface area contributed by atoms with E-state index in [9.17, 15) is 8.78 Å². The average Bonchev–Trinajstić information content (AvgIpc) is 2.85. The molecule has 0 radical (unpaired) electrons. The van der Waals surface area contributed by atoms with Crippen LogP contribution in [0.3, 0.4) is 0 Å². The Morgan fingerprint density at radius 1 is 1.37 bits per heavy atom. The molecule has 0 unspecified atom stereocenters. The van der Waals surface area contributed by atoms with Crippen molar-refractivity contribution in [1.29, 1.82) is 0 Å². The fourth-order valence-corrected chi connectivity index (χ4v) is 2.04. The van der Waals surface area contributed by atoms with Crippen molar-refractivity contribution in [3.63, 3.8) is 0 Å². The van der Waals surface area contributed by atoms with Gasteiger partial charge in [-0.1, -0.05) is 12.1 Å². The molecule has 7 heteroatoms. The Morgan fingerprint density at radius 2 is 2.16 bits per heavy atom. The van der Waals surface area contributed by atoms with E-state index >= 15 is 0 Å². The lowest BCUT2D eigenvalue weighted by Crippen LogP contribution is -2.16. The predicted molar refractivity (Wildman–Crippen MR) is 69.6 cm³/mol. The molecule has 1 aromatic carbocycles. The fourth-order valence-electron chi connectivity index (χ4n) is 1.54. The van der Waals surface area contributed by atoms with Gasteiger partial charge < -0.3 is 9.84 Å². The molecule has 1 aromatic heterocycles. The van der Waals surface area contributed by atoms with E-state index in [1.807, 2.05) is 6.92 Å². The molecule has 2 aromatic rings. The largest absolute Gasteiger partial charge is 0.339 e. The number of hydrogen-bond donors (Lipinski definition) is 1. The summed E-state index contributed by atoms with van der Waals surface area (Å²) in [6, 6.07) is 2.44. The molecule has 0 aliphatic rings. The maximum Gasteiger partial charge on any atom is 0.228 e. The van der Waals surface area contributed by atoms with Crippen molar-refractivity contribution in [3.8, 4) is 11.4 Å². The Balaban J connectivity index is 2.21. The van der Waals surface area contributed by atoms with Crippen LogP contribution in [0.2, 0.25) is 0 Å². The maximum atomic E-state index is 13.4. The summed E-state index contributed by atoms with van der Waals surface area (Å²) in [5.41, 5.74) is 0.359. The maximum absolute atomic E-state index is 13.4. The van der Waals surface area contributed by atoms with Gasteiger partial charge in [0.1, 0.15) is 0 Å². The van der Waals surface area contributed by atoms with E-state index in [1.165, 1.54) is 6.07 Å². The third-order valence-corrected chi connectivity index (χ3v) is 3.29. The summed E-state index contributed by atoms with van der Waals surface area (Å²) in [6.07, 6.45) is 0.585. The van der Waals surface area contributed by atoms with Crippen LogP contribution in [0, 0.1) is 11.6 Å². The van der Waals surface area contributed by atoms with Gasteiger partial charge in [-0.05, 0) is 34.6 Å². The fraction of sp³-hybridized carbons (Fsp3) is 0.333. The van der Waals surface area contributed by atoms with Gasteiger partial charge in [0.15, 0.2) is 11.6 Å². The lowest BCUT2D eigenvalue weighted by atomic mass is 10.2. The minimum absolute atomic E-state index is 0.00784. The Labute approximate surface area is 117 Å². The molecule has 0 bridgehead atoms. The lowest BCUT2D eigenvalue weighted by molar-refractivity contribution is 0.376. The molecule has 4 nitrogen and oxygen atoms in total. The highest BCUT2D eigenvalue weighted by Gasteiger charge is 2.16. The average molecular weight is 332 g/mol. The van der Waals surface area contributed by atoms with E-state index in [1.54, 1.807) is 0 Å². The van der Waals surface area contributed by atoms with Gasteiger partial charge in [0.2, 0.25) is 11.7 Å². The molecule has 0 atom stereocenters. The molecule has 2 rings (SSSR count). The summed E-state index contributed by atoms with van der Waals surface area (Å²) in [7, 11) is 0. The van der Waals surface area contributed by atoms with E-state index in [-0.39, 0.29) is 10.3 Å². The Hall–Kier alpha value is -1.34. The van der Waals surface area contributed by atoms with Crippen LogP contribution >= 0.6 is 15.9 Å². The van der Waals surface area contributed by atoms with Gasteiger partial charge in [-0.15, -0.1) is 0 Å². The topological polar surface area (TPSA) is 51.0 Å². The van der Waals surface area contributed by atoms with Crippen molar-refractivity contribution in [2.45, 2.75) is 13.3 Å². The molecule has 0 saturated carbocycles. The van der Waals surface area contributed by atoms with Crippen molar-refractivity contribution in [2.24, 2.45) is 0 Å². The number of hydrogen-bond acceptors (Lipinski definition) is 4. The van der Waals surface area contributed by atoms with Gasteiger partial charge in [-0.25, -0.2) is 8.78 Å². The SMILES string of the molecule is CCNCCc1nc(-c2ccc(F)c(F)c2Br)no1. The number of aromatic nitrogens is 2. The Morgan fingerprint density at radius 3 is 2.89 bits per heavy atom. The number of nitrogens with zero attached hydrogens (tertiary/aromatic N) is 2. The molecule has 102 valence electrons. The molecular formula is C12H12BrF2N3O. The summed E-state index contributed by atoms with van der Waals surface area (Å²) in [4.78, 5) is 4.15. The number of nitrogens with one attached hydrogen (secondary N) is 1. The zero-order valence-electron chi connectivity index (χ0n) is 10.2.